The Balaban J connectivity index is 1.95. The third-order valence-electron chi connectivity index (χ3n) is 5.22. The third-order valence-corrected chi connectivity index (χ3v) is 5.22. The number of hydrogen-bond acceptors (Lipinski definition) is 2. The Hall–Kier alpha value is -1.90. The van der Waals surface area contributed by atoms with Gasteiger partial charge >= 0.3 is 0 Å². The molecule has 0 bridgehead atoms. The van der Waals surface area contributed by atoms with Crippen molar-refractivity contribution in [3.63, 3.8) is 0 Å². The highest BCUT2D eigenvalue weighted by Gasteiger charge is 2.13. The maximum Gasteiger partial charge on any atom is 0.0107 e. The van der Waals surface area contributed by atoms with E-state index in [1.807, 2.05) is 7.05 Å². The van der Waals surface area contributed by atoms with Gasteiger partial charge in [-0.2, -0.15) is 0 Å². The Morgan fingerprint density at radius 1 is 1.04 bits per heavy atom. The minimum Gasteiger partial charge on any atom is -0.318 e. The predicted octanol–water partition coefficient (Wildman–Crippen LogP) is 5.19. The highest BCUT2D eigenvalue weighted by molar-refractivity contribution is 5.68. The number of rotatable bonds is 11. The molecule has 0 aliphatic rings. The van der Waals surface area contributed by atoms with E-state index in [9.17, 15) is 0 Å². The van der Waals surface area contributed by atoms with E-state index in [0.717, 1.165) is 39.0 Å². The molecule has 2 aromatic rings. The van der Waals surface area contributed by atoms with Gasteiger partial charge < -0.3 is 10.2 Å². The van der Waals surface area contributed by atoms with Crippen molar-refractivity contribution in [3.8, 4) is 0 Å². The molecule has 1 N–H and O–H groups in total. The molecule has 2 heteroatoms. The summed E-state index contributed by atoms with van der Waals surface area (Å²) < 4.78 is 0. The largest absolute Gasteiger partial charge is 0.318 e. The van der Waals surface area contributed by atoms with Gasteiger partial charge in [0.05, 0.1) is 0 Å². The molecule has 0 spiro atoms. The van der Waals surface area contributed by atoms with Crippen LogP contribution >= 0.6 is 0 Å². The summed E-state index contributed by atoms with van der Waals surface area (Å²) in [5.41, 5.74) is 5.66. The van der Waals surface area contributed by atoms with E-state index in [-0.39, 0.29) is 0 Å². The van der Waals surface area contributed by atoms with Crippen molar-refractivity contribution in [2.75, 3.05) is 33.2 Å². The topological polar surface area (TPSA) is 15.3 Å². The van der Waals surface area contributed by atoms with Crippen LogP contribution in [0.25, 0.3) is 5.57 Å². The second-order valence-electron chi connectivity index (χ2n) is 7.58. The molecule has 0 heterocycles. The average molecular weight is 365 g/mol. The van der Waals surface area contributed by atoms with Gasteiger partial charge in [0.1, 0.15) is 0 Å². The minimum atomic E-state index is 0.628. The van der Waals surface area contributed by atoms with E-state index < -0.39 is 0 Å². The summed E-state index contributed by atoms with van der Waals surface area (Å²) in [6, 6.07) is 19.6. The molecule has 2 aromatic carbocycles. The summed E-state index contributed by atoms with van der Waals surface area (Å²) >= 11 is 0. The highest BCUT2D eigenvalue weighted by Crippen LogP contribution is 2.25. The van der Waals surface area contributed by atoms with Gasteiger partial charge in [0.25, 0.3) is 0 Å². The summed E-state index contributed by atoms with van der Waals surface area (Å²) in [6.45, 7) is 11.2. The molecule has 0 radical (unpaired) electrons. The molecule has 0 aromatic heterocycles. The number of aryl methyl sites for hydroxylation is 1. The SMILES string of the molecule is C/C=C(/CC(C)CN(CCNC)CCc1ccccc1)c1ccccc1C. The van der Waals surface area contributed by atoms with E-state index in [4.69, 9.17) is 0 Å². The molecule has 2 nitrogen and oxygen atoms in total. The molecule has 0 saturated carbocycles. The summed E-state index contributed by atoms with van der Waals surface area (Å²) in [5.74, 6) is 0.628. The molecular weight excluding hydrogens is 328 g/mol. The van der Waals surface area contributed by atoms with Crippen LogP contribution < -0.4 is 5.32 Å². The van der Waals surface area contributed by atoms with E-state index in [2.05, 4.69) is 91.7 Å². The van der Waals surface area contributed by atoms with Gasteiger partial charge in [-0.25, -0.2) is 0 Å². The van der Waals surface area contributed by atoms with Gasteiger partial charge in [-0.05, 0) is 61.9 Å². The lowest BCUT2D eigenvalue weighted by Gasteiger charge is -2.26. The van der Waals surface area contributed by atoms with Gasteiger partial charge in [0.15, 0.2) is 0 Å². The first-order valence-electron chi connectivity index (χ1n) is 10.3. The number of hydrogen-bond donors (Lipinski definition) is 1. The molecule has 27 heavy (non-hydrogen) atoms. The van der Waals surface area contributed by atoms with Gasteiger partial charge in [-0.3, -0.25) is 0 Å². The fraction of sp³-hybridized carbons (Fsp3) is 0.440. The van der Waals surface area contributed by atoms with Crippen LogP contribution in [0.2, 0.25) is 0 Å². The van der Waals surface area contributed by atoms with Gasteiger partial charge in [0, 0.05) is 26.2 Å². The minimum absolute atomic E-state index is 0.628. The average Bonchev–Trinajstić information content (AvgIpc) is 2.69. The molecule has 0 aliphatic carbocycles. The van der Waals surface area contributed by atoms with Crippen LogP contribution in [-0.4, -0.2) is 38.1 Å². The van der Waals surface area contributed by atoms with E-state index in [1.165, 1.54) is 22.3 Å². The van der Waals surface area contributed by atoms with Crippen LogP contribution in [0.3, 0.4) is 0 Å². The molecule has 0 aliphatic heterocycles. The van der Waals surface area contributed by atoms with Crippen molar-refractivity contribution < 1.29 is 0 Å². The maximum atomic E-state index is 3.30. The highest BCUT2D eigenvalue weighted by atomic mass is 15.1. The first kappa shape index (κ1) is 21.4. The van der Waals surface area contributed by atoms with Crippen LogP contribution in [0.15, 0.2) is 60.7 Å². The number of nitrogens with zero attached hydrogens (tertiary/aromatic N) is 1. The molecule has 0 fully saturated rings. The summed E-state index contributed by atoms with van der Waals surface area (Å²) in [4.78, 5) is 2.61. The first-order chi connectivity index (χ1) is 13.1. The monoisotopic (exact) mass is 364 g/mol. The van der Waals surface area contributed by atoms with Gasteiger partial charge in [0.2, 0.25) is 0 Å². The Morgan fingerprint density at radius 2 is 1.74 bits per heavy atom. The number of allylic oxidation sites excluding steroid dienone is 2. The Bertz CT molecular complexity index is 690. The summed E-state index contributed by atoms with van der Waals surface area (Å²) in [6.07, 6.45) is 4.54. The van der Waals surface area contributed by atoms with Crippen LogP contribution in [0.5, 0.6) is 0 Å². The van der Waals surface area contributed by atoms with Crippen molar-refractivity contribution >= 4 is 5.57 Å². The Kier molecular flexibility index (Phi) is 9.30. The standard InChI is InChI=1S/C25H36N2/c1-5-24(25-14-10-9-11-22(25)3)19-21(2)20-27(18-16-26-4)17-15-23-12-7-6-8-13-23/h5-14,21,26H,15-20H2,1-4H3/b24-5-. The molecule has 0 saturated heterocycles. The van der Waals surface area contributed by atoms with Crippen LogP contribution in [-0.2, 0) is 6.42 Å². The lowest BCUT2D eigenvalue weighted by molar-refractivity contribution is 0.243. The molecule has 1 atom stereocenters. The van der Waals surface area contributed by atoms with E-state index in [0.29, 0.717) is 5.92 Å². The van der Waals surface area contributed by atoms with Crippen LogP contribution in [0, 0.1) is 12.8 Å². The predicted molar refractivity (Wildman–Crippen MR) is 119 cm³/mol. The zero-order valence-corrected chi connectivity index (χ0v) is 17.5. The molecule has 0 amide bonds. The van der Waals surface area contributed by atoms with Crippen molar-refractivity contribution in [2.45, 2.75) is 33.6 Å². The molecule has 2 rings (SSSR count). The lowest BCUT2D eigenvalue weighted by atomic mass is 9.92. The lowest BCUT2D eigenvalue weighted by Crippen LogP contribution is -2.35. The quantitative estimate of drug-likeness (QED) is 0.590. The molecule has 1 unspecified atom stereocenters. The van der Waals surface area contributed by atoms with Crippen molar-refractivity contribution in [1.29, 1.82) is 0 Å². The van der Waals surface area contributed by atoms with E-state index in [1.54, 1.807) is 0 Å². The Labute approximate surface area is 166 Å². The molecule has 146 valence electrons. The van der Waals surface area contributed by atoms with Crippen LogP contribution in [0.4, 0.5) is 0 Å². The first-order valence-corrected chi connectivity index (χ1v) is 10.3. The summed E-state index contributed by atoms with van der Waals surface area (Å²) in [7, 11) is 2.04. The second-order valence-corrected chi connectivity index (χ2v) is 7.58. The maximum absolute atomic E-state index is 3.30. The van der Waals surface area contributed by atoms with Crippen molar-refractivity contribution in [3.05, 3.63) is 77.4 Å². The number of nitrogens with one attached hydrogen (secondary N) is 1. The van der Waals surface area contributed by atoms with Gasteiger partial charge in [-0.1, -0.05) is 67.6 Å². The van der Waals surface area contributed by atoms with Gasteiger partial charge in [-0.15, -0.1) is 0 Å². The zero-order chi connectivity index (χ0) is 19.5. The zero-order valence-electron chi connectivity index (χ0n) is 17.5. The molecular formula is C25H36N2. The number of benzene rings is 2. The summed E-state index contributed by atoms with van der Waals surface area (Å²) in [5, 5.41) is 3.30. The van der Waals surface area contributed by atoms with Crippen LogP contribution in [0.1, 0.15) is 37.0 Å². The van der Waals surface area contributed by atoms with Crippen molar-refractivity contribution in [2.24, 2.45) is 5.92 Å². The third kappa shape index (κ3) is 7.32. The fourth-order valence-corrected chi connectivity index (χ4v) is 3.69. The van der Waals surface area contributed by atoms with Crippen molar-refractivity contribution in [1.82, 2.24) is 10.2 Å². The fourth-order valence-electron chi connectivity index (χ4n) is 3.69. The number of likely N-dealkylation sites (N-methyl/N-ethyl adjacent to an activating group) is 1. The normalized spacial score (nSPS) is 13.1. The second kappa shape index (κ2) is 11.7. The van der Waals surface area contributed by atoms with E-state index >= 15 is 0 Å². The Morgan fingerprint density at radius 3 is 2.41 bits per heavy atom. The smallest absolute Gasteiger partial charge is 0.0107 e.